The van der Waals surface area contributed by atoms with Gasteiger partial charge in [-0.3, -0.25) is 4.79 Å². The summed E-state index contributed by atoms with van der Waals surface area (Å²) >= 11 is 5.52. The third kappa shape index (κ3) is 5.10. The van der Waals surface area contributed by atoms with E-state index in [1.807, 2.05) is 32.0 Å². The summed E-state index contributed by atoms with van der Waals surface area (Å²) in [6, 6.07) is 12.7. The lowest BCUT2D eigenvalue weighted by molar-refractivity contribution is 0.0602. The Bertz CT molecular complexity index is 1190. The summed E-state index contributed by atoms with van der Waals surface area (Å²) in [7, 11) is 1.31. The van der Waals surface area contributed by atoms with Crippen LogP contribution in [0.2, 0.25) is 0 Å². The van der Waals surface area contributed by atoms with E-state index in [9.17, 15) is 14.7 Å². The number of nitrogens with one attached hydrogen (secondary N) is 2. The quantitative estimate of drug-likeness (QED) is 0.401. The lowest BCUT2D eigenvalue weighted by Gasteiger charge is -2.25. The molecule has 0 aliphatic heterocycles. The maximum absolute atomic E-state index is 12.7. The second kappa shape index (κ2) is 9.72. The number of fused-ring (bicyclic) bond motifs is 1. The number of hydrogen-bond donors (Lipinski definition) is 3. The molecule has 3 aromatic rings. The highest BCUT2D eigenvalue weighted by atomic mass is 32.1. The average molecular weight is 440 g/mol. The van der Waals surface area contributed by atoms with Gasteiger partial charge in [0.05, 0.1) is 31.5 Å². The van der Waals surface area contributed by atoms with Crippen LogP contribution in [0.5, 0.6) is 0 Å². The van der Waals surface area contributed by atoms with E-state index < -0.39 is 5.97 Å². The standard InChI is InChI=1S/C23H25N3O4S/c1-14-10-16-12-17(21(28)24-20(16)11-15(14)2)13-26(8-9-27)23(31)25-19-7-5-4-6-18(19)22(29)30-3/h4-7,10-12,27H,8-9,13H2,1-3H3,(H,24,28)(H,25,31). The zero-order valence-electron chi connectivity index (χ0n) is 17.7. The normalized spacial score (nSPS) is 10.7. The Morgan fingerprint density at radius 2 is 1.90 bits per heavy atom. The van der Waals surface area contributed by atoms with Gasteiger partial charge in [0.2, 0.25) is 0 Å². The number of esters is 1. The Morgan fingerprint density at radius 3 is 2.61 bits per heavy atom. The van der Waals surface area contributed by atoms with E-state index in [1.54, 1.807) is 29.2 Å². The molecule has 0 aliphatic rings. The molecule has 8 heteroatoms. The van der Waals surface area contributed by atoms with Crippen LogP contribution in [0.4, 0.5) is 5.69 Å². The van der Waals surface area contributed by atoms with Crippen LogP contribution < -0.4 is 10.9 Å². The molecule has 0 aliphatic carbocycles. The molecule has 0 saturated heterocycles. The molecule has 0 bridgehead atoms. The van der Waals surface area contributed by atoms with Crippen molar-refractivity contribution in [1.29, 1.82) is 0 Å². The van der Waals surface area contributed by atoms with E-state index in [-0.39, 0.29) is 30.4 Å². The van der Waals surface area contributed by atoms with Gasteiger partial charge in [-0.25, -0.2) is 4.79 Å². The van der Waals surface area contributed by atoms with Gasteiger partial charge in [0.15, 0.2) is 5.11 Å². The number of ether oxygens (including phenoxy) is 1. The number of nitrogens with zero attached hydrogens (tertiary/aromatic N) is 1. The summed E-state index contributed by atoms with van der Waals surface area (Å²) in [5.41, 5.74) is 4.15. The number of methoxy groups -OCH3 is 1. The van der Waals surface area contributed by atoms with E-state index in [2.05, 4.69) is 10.3 Å². The second-order valence-corrected chi connectivity index (χ2v) is 7.65. The molecule has 162 valence electrons. The number of pyridine rings is 1. The number of aromatic nitrogens is 1. The first-order valence-electron chi connectivity index (χ1n) is 9.81. The minimum absolute atomic E-state index is 0.149. The number of carbonyl (C=O) groups excluding carboxylic acids is 1. The Balaban J connectivity index is 1.89. The number of para-hydroxylation sites is 1. The largest absolute Gasteiger partial charge is 0.465 e. The summed E-state index contributed by atoms with van der Waals surface area (Å²) in [6.45, 7) is 4.29. The van der Waals surface area contributed by atoms with Crippen molar-refractivity contribution in [2.24, 2.45) is 0 Å². The highest BCUT2D eigenvalue weighted by Gasteiger charge is 2.17. The molecule has 0 saturated carbocycles. The monoisotopic (exact) mass is 439 g/mol. The predicted octanol–water partition coefficient (Wildman–Crippen LogP) is 3.12. The van der Waals surface area contributed by atoms with Gasteiger partial charge in [0.1, 0.15) is 0 Å². The zero-order valence-corrected chi connectivity index (χ0v) is 18.5. The first kappa shape index (κ1) is 22.5. The predicted molar refractivity (Wildman–Crippen MR) is 126 cm³/mol. The summed E-state index contributed by atoms with van der Waals surface area (Å²) in [6.07, 6.45) is 0. The number of anilines is 1. The average Bonchev–Trinajstić information content (AvgIpc) is 2.75. The first-order chi connectivity index (χ1) is 14.8. The Kier molecular flexibility index (Phi) is 7.04. The highest BCUT2D eigenvalue weighted by Crippen LogP contribution is 2.19. The minimum atomic E-state index is -0.490. The van der Waals surface area contributed by atoms with Crippen LogP contribution in [-0.2, 0) is 11.3 Å². The van der Waals surface area contributed by atoms with Crippen molar-refractivity contribution in [3.8, 4) is 0 Å². The number of aryl methyl sites for hydroxylation is 2. The summed E-state index contributed by atoms with van der Waals surface area (Å²) in [5, 5.41) is 13.8. The number of aliphatic hydroxyl groups excluding tert-OH is 1. The second-order valence-electron chi connectivity index (χ2n) is 7.26. The Morgan fingerprint density at radius 1 is 1.19 bits per heavy atom. The Labute approximate surface area is 185 Å². The number of carbonyl (C=O) groups is 1. The third-order valence-electron chi connectivity index (χ3n) is 5.13. The van der Waals surface area contributed by atoms with E-state index in [4.69, 9.17) is 17.0 Å². The molecule has 0 spiro atoms. The molecular formula is C23H25N3O4S. The van der Waals surface area contributed by atoms with Crippen molar-refractivity contribution in [3.05, 3.63) is 75.1 Å². The topological polar surface area (TPSA) is 94.7 Å². The van der Waals surface area contributed by atoms with Gasteiger partial charge < -0.3 is 25.0 Å². The van der Waals surface area contributed by atoms with Gasteiger partial charge in [-0.15, -0.1) is 0 Å². The van der Waals surface area contributed by atoms with Crippen LogP contribution in [0, 0.1) is 13.8 Å². The van der Waals surface area contributed by atoms with Crippen LogP contribution >= 0.6 is 12.2 Å². The molecular weight excluding hydrogens is 414 g/mol. The zero-order chi connectivity index (χ0) is 22.5. The summed E-state index contributed by atoms with van der Waals surface area (Å²) in [5.74, 6) is -0.490. The molecule has 2 aromatic carbocycles. The van der Waals surface area contributed by atoms with Crippen molar-refractivity contribution in [2.45, 2.75) is 20.4 Å². The lowest BCUT2D eigenvalue weighted by Crippen LogP contribution is -2.38. The number of benzene rings is 2. The third-order valence-corrected chi connectivity index (χ3v) is 5.49. The molecule has 3 N–H and O–H groups in total. The van der Waals surface area contributed by atoms with Gasteiger partial charge >= 0.3 is 5.97 Å². The molecule has 31 heavy (non-hydrogen) atoms. The van der Waals surface area contributed by atoms with Gasteiger partial charge in [0, 0.05) is 17.6 Å². The van der Waals surface area contributed by atoms with Crippen molar-refractivity contribution >= 4 is 39.9 Å². The van der Waals surface area contributed by atoms with Gasteiger partial charge in [-0.2, -0.15) is 0 Å². The molecule has 7 nitrogen and oxygen atoms in total. The van der Waals surface area contributed by atoms with Gasteiger partial charge in [-0.05, 0) is 72.9 Å². The fourth-order valence-electron chi connectivity index (χ4n) is 3.29. The van der Waals surface area contributed by atoms with E-state index in [0.29, 0.717) is 16.8 Å². The Hall–Kier alpha value is -3.23. The molecule has 0 atom stereocenters. The number of aromatic amines is 1. The number of rotatable bonds is 6. The molecule has 0 amide bonds. The van der Waals surface area contributed by atoms with Crippen LogP contribution in [0.15, 0.2) is 47.3 Å². The van der Waals surface area contributed by atoms with Gasteiger partial charge in [-0.1, -0.05) is 12.1 Å². The highest BCUT2D eigenvalue weighted by molar-refractivity contribution is 7.80. The molecule has 3 rings (SSSR count). The van der Waals surface area contributed by atoms with Crippen molar-refractivity contribution in [3.63, 3.8) is 0 Å². The molecule has 1 aromatic heterocycles. The van der Waals surface area contributed by atoms with Crippen molar-refractivity contribution in [2.75, 3.05) is 25.6 Å². The molecule has 1 heterocycles. The molecule has 0 unspecified atom stereocenters. The number of H-pyrrole nitrogens is 1. The van der Waals surface area contributed by atoms with Crippen LogP contribution in [0.1, 0.15) is 27.0 Å². The van der Waals surface area contributed by atoms with E-state index >= 15 is 0 Å². The maximum atomic E-state index is 12.7. The number of aliphatic hydroxyl groups is 1. The van der Waals surface area contributed by atoms with E-state index in [1.165, 1.54) is 7.11 Å². The smallest absolute Gasteiger partial charge is 0.339 e. The fraction of sp³-hybridized carbons (Fsp3) is 0.261. The van der Waals surface area contributed by atoms with Crippen LogP contribution in [0.25, 0.3) is 10.9 Å². The fourth-order valence-corrected chi connectivity index (χ4v) is 3.56. The van der Waals surface area contributed by atoms with E-state index in [0.717, 1.165) is 22.0 Å². The molecule has 0 radical (unpaired) electrons. The SMILES string of the molecule is COC(=O)c1ccccc1NC(=S)N(CCO)Cc1cc2cc(C)c(C)cc2[nH]c1=O. The number of hydrogen-bond acceptors (Lipinski definition) is 5. The van der Waals surface area contributed by atoms with Crippen molar-refractivity contribution < 1.29 is 14.6 Å². The van der Waals surface area contributed by atoms with Crippen molar-refractivity contribution in [1.82, 2.24) is 9.88 Å². The van der Waals surface area contributed by atoms with Crippen LogP contribution in [-0.4, -0.2) is 46.3 Å². The number of thiocarbonyl (C=S) groups is 1. The lowest BCUT2D eigenvalue weighted by atomic mass is 10.0. The maximum Gasteiger partial charge on any atom is 0.339 e. The summed E-state index contributed by atoms with van der Waals surface area (Å²) in [4.78, 5) is 29.3. The van der Waals surface area contributed by atoms with Gasteiger partial charge in [0.25, 0.3) is 5.56 Å². The first-order valence-corrected chi connectivity index (χ1v) is 10.2. The molecule has 0 fully saturated rings. The summed E-state index contributed by atoms with van der Waals surface area (Å²) < 4.78 is 4.82. The van der Waals surface area contributed by atoms with Crippen LogP contribution in [0.3, 0.4) is 0 Å². The minimum Gasteiger partial charge on any atom is -0.465 e.